The summed E-state index contributed by atoms with van der Waals surface area (Å²) in [5.74, 6) is 0.114. The summed E-state index contributed by atoms with van der Waals surface area (Å²) in [5.41, 5.74) is 1.82. The predicted octanol–water partition coefficient (Wildman–Crippen LogP) is 1.85. The molecule has 1 saturated heterocycles. The molecule has 0 N–H and O–H groups in total. The fraction of sp³-hybridized carbons (Fsp3) is 0.238. The molecule has 2 aromatic carbocycles. The molecule has 152 valence electrons. The van der Waals surface area contributed by atoms with Crippen molar-refractivity contribution in [2.45, 2.75) is 19.2 Å². The minimum Gasteiger partial charge on any atom is -0.487 e. The van der Waals surface area contributed by atoms with Crippen molar-refractivity contribution in [1.82, 2.24) is 24.5 Å². The van der Waals surface area contributed by atoms with Crippen molar-refractivity contribution in [2.24, 2.45) is 0 Å². The van der Waals surface area contributed by atoms with E-state index >= 15 is 0 Å². The van der Waals surface area contributed by atoms with Crippen LogP contribution in [0, 0.1) is 0 Å². The Balaban J connectivity index is 1.17. The third-order valence-electron chi connectivity index (χ3n) is 5.14. The lowest BCUT2D eigenvalue weighted by atomic mass is 10.1. The zero-order chi connectivity index (χ0) is 20.5. The van der Waals surface area contributed by atoms with Crippen LogP contribution in [0.1, 0.15) is 11.7 Å². The molecule has 1 fully saturated rings. The van der Waals surface area contributed by atoms with Crippen LogP contribution in [-0.2, 0) is 17.9 Å². The number of ether oxygens (including phenoxy) is 1. The summed E-state index contributed by atoms with van der Waals surface area (Å²) in [5, 5.41) is 8.29. The van der Waals surface area contributed by atoms with E-state index in [1.165, 1.54) is 4.57 Å². The third kappa shape index (κ3) is 3.45. The van der Waals surface area contributed by atoms with E-state index in [9.17, 15) is 9.59 Å². The number of benzene rings is 2. The molecule has 0 radical (unpaired) electrons. The SMILES string of the molecule is O=C(Cn1c(=O)oc2ccccc21)N1CC(n2cc(COc3ccccc3)nn2)C1. The number of hydrogen-bond donors (Lipinski definition) is 0. The highest BCUT2D eigenvalue weighted by atomic mass is 16.5. The fourth-order valence-electron chi connectivity index (χ4n) is 3.46. The first-order valence-electron chi connectivity index (χ1n) is 9.62. The number of likely N-dealkylation sites (tertiary alicyclic amines) is 1. The van der Waals surface area contributed by atoms with Gasteiger partial charge in [0.15, 0.2) is 5.58 Å². The van der Waals surface area contributed by atoms with Crippen LogP contribution in [0.15, 0.2) is 70.0 Å². The van der Waals surface area contributed by atoms with Gasteiger partial charge in [0.25, 0.3) is 0 Å². The first-order chi connectivity index (χ1) is 14.7. The van der Waals surface area contributed by atoms with Crippen molar-refractivity contribution in [3.8, 4) is 5.75 Å². The average molecular weight is 405 g/mol. The Kier molecular flexibility index (Phi) is 4.55. The highest BCUT2D eigenvalue weighted by Crippen LogP contribution is 2.22. The van der Waals surface area contributed by atoms with Crippen molar-refractivity contribution in [1.29, 1.82) is 0 Å². The minimum absolute atomic E-state index is 0.0455. The fourth-order valence-corrected chi connectivity index (χ4v) is 3.46. The van der Waals surface area contributed by atoms with Crippen LogP contribution in [0.2, 0.25) is 0 Å². The average Bonchev–Trinajstić information content (AvgIpc) is 3.31. The van der Waals surface area contributed by atoms with E-state index in [-0.39, 0.29) is 18.5 Å². The highest BCUT2D eigenvalue weighted by Gasteiger charge is 2.33. The molecule has 0 aliphatic carbocycles. The molecule has 0 bridgehead atoms. The van der Waals surface area contributed by atoms with Crippen LogP contribution >= 0.6 is 0 Å². The second-order valence-electron chi connectivity index (χ2n) is 7.17. The Morgan fingerprint density at radius 3 is 2.70 bits per heavy atom. The van der Waals surface area contributed by atoms with E-state index in [1.807, 2.05) is 42.6 Å². The van der Waals surface area contributed by atoms with E-state index in [0.29, 0.717) is 30.8 Å². The van der Waals surface area contributed by atoms with E-state index in [2.05, 4.69) is 10.3 Å². The highest BCUT2D eigenvalue weighted by molar-refractivity contribution is 5.80. The molecular formula is C21H19N5O4. The Labute approximate surface area is 171 Å². The van der Waals surface area contributed by atoms with Crippen molar-refractivity contribution in [3.05, 3.63) is 77.0 Å². The molecule has 1 amide bonds. The molecule has 0 atom stereocenters. The largest absolute Gasteiger partial charge is 0.487 e. The van der Waals surface area contributed by atoms with Gasteiger partial charge >= 0.3 is 5.76 Å². The number of nitrogens with zero attached hydrogens (tertiary/aromatic N) is 5. The summed E-state index contributed by atoms with van der Waals surface area (Å²) in [6.45, 7) is 1.32. The second-order valence-corrected chi connectivity index (χ2v) is 7.17. The number of hydrogen-bond acceptors (Lipinski definition) is 6. The molecule has 9 heteroatoms. The van der Waals surface area contributed by atoms with Crippen LogP contribution in [0.25, 0.3) is 11.1 Å². The van der Waals surface area contributed by atoms with Crippen LogP contribution in [0.3, 0.4) is 0 Å². The number of carbonyl (C=O) groups is 1. The van der Waals surface area contributed by atoms with E-state index < -0.39 is 5.76 Å². The third-order valence-corrected chi connectivity index (χ3v) is 5.14. The van der Waals surface area contributed by atoms with Crippen LogP contribution in [0.4, 0.5) is 0 Å². The summed E-state index contributed by atoms with van der Waals surface area (Å²) in [6, 6.07) is 16.6. The quantitative estimate of drug-likeness (QED) is 0.486. The standard InChI is InChI=1S/C21H19N5O4/c27-20(13-25-18-8-4-5-9-19(18)30-21(25)28)24-11-16(12-24)26-10-15(22-23-26)14-29-17-6-2-1-3-7-17/h1-10,16H,11-14H2. The summed E-state index contributed by atoms with van der Waals surface area (Å²) < 4.78 is 14.0. The molecule has 2 aromatic heterocycles. The van der Waals surface area contributed by atoms with Gasteiger partial charge in [-0.05, 0) is 24.3 Å². The van der Waals surface area contributed by atoms with Gasteiger partial charge < -0.3 is 14.1 Å². The number of para-hydroxylation sites is 3. The minimum atomic E-state index is -0.527. The Morgan fingerprint density at radius 2 is 1.87 bits per heavy atom. The molecule has 5 rings (SSSR count). The van der Waals surface area contributed by atoms with Crippen LogP contribution in [0.5, 0.6) is 5.75 Å². The molecule has 30 heavy (non-hydrogen) atoms. The Hall–Kier alpha value is -3.88. The van der Waals surface area contributed by atoms with Gasteiger partial charge in [0.1, 0.15) is 24.6 Å². The van der Waals surface area contributed by atoms with Crippen LogP contribution < -0.4 is 10.5 Å². The lowest BCUT2D eigenvalue weighted by molar-refractivity contribution is -0.137. The summed E-state index contributed by atoms with van der Waals surface area (Å²) >= 11 is 0. The smallest absolute Gasteiger partial charge is 0.420 e. The summed E-state index contributed by atoms with van der Waals surface area (Å²) in [4.78, 5) is 26.3. The molecule has 4 aromatic rings. The lowest BCUT2D eigenvalue weighted by Crippen LogP contribution is -2.52. The maximum atomic E-state index is 12.6. The van der Waals surface area contributed by atoms with Gasteiger partial charge in [0.2, 0.25) is 5.91 Å². The van der Waals surface area contributed by atoms with Crippen molar-refractivity contribution in [3.63, 3.8) is 0 Å². The molecule has 0 unspecified atom stereocenters. The van der Waals surface area contributed by atoms with Gasteiger partial charge in [-0.25, -0.2) is 9.48 Å². The molecule has 0 spiro atoms. The van der Waals surface area contributed by atoms with Gasteiger partial charge in [-0.1, -0.05) is 35.5 Å². The first-order valence-corrected chi connectivity index (χ1v) is 9.62. The zero-order valence-corrected chi connectivity index (χ0v) is 16.0. The Bertz CT molecular complexity index is 1240. The maximum Gasteiger partial charge on any atom is 0.420 e. The van der Waals surface area contributed by atoms with Gasteiger partial charge in [0, 0.05) is 13.1 Å². The summed E-state index contributed by atoms with van der Waals surface area (Å²) in [6.07, 6.45) is 1.84. The Morgan fingerprint density at radius 1 is 1.10 bits per heavy atom. The molecule has 0 saturated carbocycles. The van der Waals surface area contributed by atoms with Crippen molar-refractivity contribution in [2.75, 3.05) is 13.1 Å². The van der Waals surface area contributed by atoms with Gasteiger partial charge in [0.05, 0.1) is 17.8 Å². The molecule has 3 heterocycles. The molecular weight excluding hydrogens is 386 g/mol. The second kappa shape index (κ2) is 7.51. The van der Waals surface area contributed by atoms with E-state index in [0.717, 1.165) is 11.4 Å². The topological polar surface area (TPSA) is 95.4 Å². The maximum absolute atomic E-state index is 12.6. The number of oxazole rings is 1. The number of rotatable bonds is 6. The number of carbonyl (C=O) groups excluding carboxylic acids is 1. The van der Waals surface area contributed by atoms with Gasteiger partial charge in [-0.2, -0.15) is 0 Å². The van der Waals surface area contributed by atoms with Crippen LogP contribution in [-0.4, -0.2) is 43.5 Å². The molecule has 1 aliphatic rings. The molecule has 9 nitrogen and oxygen atoms in total. The monoisotopic (exact) mass is 405 g/mol. The van der Waals surface area contributed by atoms with Crippen molar-refractivity contribution >= 4 is 17.0 Å². The number of amides is 1. The lowest BCUT2D eigenvalue weighted by Gasteiger charge is -2.38. The summed E-state index contributed by atoms with van der Waals surface area (Å²) in [7, 11) is 0. The van der Waals surface area contributed by atoms with Gasteiger partial charge in [-0.3, -0.25) is 9.36 Å². The number of fused-ring (bicyclic) bond motifs is 1. The predicted molar refractivity (Wildman–Crippen MR) is 107 cm³/mol. The molecule has 1 aliphatic heterocycles. The van der Waals surface area contributed by atoms with Crippen molar-refractivity contribution < 1.29 is 13.9 Å². The van der Waals surface area contributed by atoms with E-state index in [1.54, 1.807) is 27.8 Å². The van der Waals surface area contributed by atoms with Gasteiger partial charge in [-0.15, -0.1) is 5.10 Å². The first kappa shape index (κ1) is 18.2. The number of aromatic nitrogens is 4. The normalized spacial score (nSPS) is 14.1. The van der Waals surface area contributed by atoms with E-state index in [4.69, 9.17) is 9.15 Å². The zero-order valence-electron chi connectivity index (χ0n) is 16.0.